The van der Waals surface area contributed by atoms with E-state index in [0.29, 0.717) is 11.8 Å². The zero-order valence-corrected chi connectivity index (χ0v) is 23.6. The molecule has 6 nitrogen and oxygen atoms in total. The van der Waals surface area contributed by atoms with E-state index in [1.165, 1.54) is 0 Å². The molecule has 0 N–H and O–H groups in total. The maximum atomic E-state index is 6.43. The molecule has 0 amide bonds. The summed E-state index contributed by atoms with van der Waals surface area (Å²) >= 11 is 6.27. The largest absolute Gasteiger partial charge is 0.492 e. The second-order valence-corrected chi connectivity index (χ2v) is 16.0. The van der Waals surface area contributed by atoms with Crippen molar-refractivity contribution in [3.8, 4) is 17.0 Å². The molecule has 3 rings (SSSR count). The average Bonchev–Trinajstić information content (AvgIpc) is 3.11. The molecule has 0 aliphatic carbocycles. The normalized spacial score (nSPS) is 13.6. The fraction of sp³-hybridized carbons (Fsp3) is 0.538. The summed E-state index contributed by atoms with van der Waals surface area (Å²) in [6.07, 6.45) is 4.54. The minimum Gasteiger partial charge on any atom is -0.492 e. The zero-order chi connectivity index (χ0) is 25.1. The quantitative estimate of drug-likeness (QED) is 0.296. The molecule has 0 aliphatic rings. The zero-order valence-electron chi connectivity index (χ0n) is 21.9. The van der Waals surface area contributed by atoms with Crippen LogP contribution in [0.3, 0.4) is 0 Å². The van der Waals surface area contributed by atoms with Gasteiger partial charge in [0.25, 0.3) is 0 Å². The summed E-state index contributed by atoms with van der Waals surface area (Å²) in [5.74, 6) is 2.00. The molecule has 0 unspecified atom stereocenters. The van der Waals surface area contributed by atoms with Crippen molar-refractivity contribution in [2.75, 3.05) is 33.9 Å². The summed E-state index contributed by atoms with van der Waals surface area (Å²) in [7, 11) is 2.29. The van der Waals surface area contributed by atoms with E-state index < -0.39 is 8.32 Å². The van der Waals surface area contributed by atoms with E-state index in [2.05, 4.69) is 61.1 Å². The number of benzene rings is 1. The van der Waals surface area contributed by atoms with Gasteiger partial charge in [0.1, 0.15) is 23.3 Å². The van der Waals surface area contributed by atoms with Gasteiger partial charge in [-0.3, -0.25) is 4.40 Å². The molecule has 3 aromatic rings. The molecular formula is C26H39ClN4O2Si. The molecule has 0 fully saturated rings. The van der Waals surface area contributed by atoms with Crippen molar-refractivity contribution < 1.29 is 9.16 Å². The monoisotopic (exact) mass is 502 g/mol. The second-order valence-electron chi connectivity index (χ2n) is 10.8. The van der Waals surface area contributed by atoms with Crippen LogP contribution in [0, 0.1) is 0 Å². The molecule has 0 aliphatic heterocycles. The molecule has 34 heavy (non-hydrogen) atoms. The third-order valence-corrected chi connectivity index (χ3v) is 11.4. The molecule has 0 radical (unpaired) electrons. The van der Waals surface area contributed by atoms with E-state index in [9.17, 15) is 0 Å². The topological polar surface area (TPSA) is 51.9 Å². The predicted octanol–water partition coefficient (Wildman–Crippen LogP) is 6.51. The number of halogens is 1. The second kappa shape index (κ2) is 10.8. The maximum absolute atomic E-state index is 6.43. The first-order valence-electron chi connectivity index (χ1n) is 11.9. The number of rotatable bonds is 10. The molecule has 0 saturated heterocycles. The molecule has 0 bridgehead atoms. The summed E-state index contributed by atoms with van der Waals surface area (Å²) in [4.78, 5) is 11.5. The summed E-state index contributed by atoms with van der Waals surface area (Å²) in [5, 5.41) is 0.644. The van der Waals surface area contributed by atoms with Crippen molar-refractivity contribution >= 4 is 25.4 Å². The van der Waals surface area contributed by atoms with Gasteiger partial charge in [0.2, 0.25) is 0 Å². The Morgan fingerprint density at radius 3 is 2.59 bits per heavy atom. The lowest BCUT2D eigenvalue weighted by Crippen LogP contribution is -2.41. The summed E-state index contributed by atoms with van der Waals surface area (Å²) in [6, 6.07) is 8.09. The first kappa shape index (κ1) is 26.7. The fourth-order valence-corrected chi connectivity index (χ4v) is 4.67. The van der Waals surface area contributed by atoms with Crippen LogP contribution in [0.2, 0.25) is 23.3 Å². The van der Waals surface area contributed by atoms with Gasteiger partial charge < -0.3 is 14.1 Å². The van der Waals surface area contributed by atoms with Gasteiger partial charge in [-0.05, 0) is 50.8 Å². The number of ether oxygens (including phenoxy) is 1. The van der Waals surface area contributed by atoms with E-state index in [4.69, 9.17) is 25.7 Å². The number of aromatic nitrogens is 3. The van der Waals surface area contributed by atoms with Crippen molar-refractivity contribution in [2.24, 2.45) is 0 Å². The number of hydrogen-bond acceptors (Lipinski definition) is 5. The van der Waals surface area contributed by atoms with Gasteiger partial charge in [0.05, 0.1) is 17.4 Å². The number of likely N-dealkylation sites (N-methyl/N-ethyl adjacent to an activating group) is 1. The van der Waals surface area contributed by atoms with Gasteiger partial charge in [-0.25, -0.2) is 9.97 Å². The van der Waals surface area contributed by atoms with Crippen molar-refractivity contribution in [3.05, 3.63) is 47.6 Å². The minimum absolute atomic E-state index is 0.197. The third-order valence-electron chi connectivity index (χ3n) is 6.70. The Morgan fingerprint density at radius 1 is 1.18 bits per heavy atom. The van der Waals surface area contributed by atoms with Gasteiger partial charge in [-0.2, -0.15) is 0 Å². The average molecular weight is 503 g/mol. The molecule has 0 saturated carbocycles. The minimum atomic E-state index is -1.78. The molecular weight excluding hydrogens is 464 g/mol. The molecule has 186 valence electrons. The van der Waals surface area contributed by atoms with Gasteiger partial charge in [-0.1, -0.05) is 51.4 Å². The Morgan fingerprint density at radius 2 is 1.91 bits per heavy atom. The lowest BCUT2D eigenvalue weighted by atomic mass is 10.1. The van der Waals surface area contributed by atoms with Crippen LogP contribution in [0.25, 0.3) is 16.8 Å². The SMILES string of the molecule is C[C@@H](CCO[Si](C)(C)C(C)(C)C)c1nc(-c2cccc(OCCN(C)C)c2)c2cnc(Cl)cn12. The highest BCUT2D eigenvalue weighted by atomic mass is 35.5. The maximum Gasteiger partial charge on any atom is 0.191 e. The summed E-state index contributed by atoms with van der Waals surface area (Å²) in [5.41, 5.74) is 2.82. The van der Waals surface area contributed by atoms with Crippen LogP contribution < -0.4 is 4.74 Å². The van der Waals surface area contributed by atoms with Crippen molar-refractivity contribution in [2.45, 2.75) is 58.2 Å². The number of hydrogen-bond donors (Lipinski definition) is 0. The Bertz CT molecular complexity index is 1110. The fourth-order valence-electron chi connectivity index (χ4n) is 3.46. The van der Waals surface area contributed by atoms with Gasteiger partial charge in [-0.15, -0.1) is 0 Å². The molecule has 2 heterocycles. The lowest BCUT2D eigenvalue weighted by molar-refractivity contribution is 0.261. The predicted molar refractivity (Wildman–Crippen MR) is 144 cm³/mol. The first-order valence-corrected chi connectivity index (χ1v) is 15.2. The van der Waals surface area contributed by atoms with Crippen LogP contribution in [-0.4, -0.2) is 61.4 Å². The highest BCUT2D eigenvalue weighted by Gasteiger charge is 2.37. The van der Waals surface area contributed by atoms with E-state index in [1.54, 1.807) is 6.20 Å². The third kappa shape index (κ3) is 6.39. The highest BCUT2D eigenvalue weighted by molar-refractivity contribution is 6.74. The van der Waals surface area contributed by atoms with E-state index >= 15 is 0 Å². The van der Waals surface area contributed by atoms with Crippen LogP contribution in [0.1, 0.15) is 45.9 Å². The van der Waals surface area contributed by atoms with E-state index in [0.717, 1.165) is 47.9 Å². The Hall–Kier alpha value is -1.93. The molecule has 0 spiro atoms. The van der Waals surface area contributed by atoms with Crippen LogP contribution in [0.4, 0.5) is 0 Å². The van der Waals surface area contributed by atoms with Crippen LogP contribution in [0.15, 0.2) is 36.7 Å². The van der Waals surface area contributed by atoms with E-state index in [-0.39, 0.29) is 11.0 Å². The van der Waals surface area contributed by atoms with Gasteiger partial charge in [0, 0.05) is 30.8 Å². The van der Waals surface area contributed by atoms with Crippen LogP contribution >= 0.6 is 11.6 Å². The van der Waals surface area contributed by atoms with Crippen molar-refractivity contribution in [1.29, 1.82) is 0 Å². The summed E-state index contributed by atoms with van der Waals surface area (Å²) in [6.45, 7) is 15.8. The smallest absolute Gasteiger partial charge is 0.191 e. The van der Waals surface area contributed by atoms with Crippen molar-refractivity contribution in [1.82, 2.24) is 19.3 Å². The van der Waals surface area contributed by atoms with Crippen molar-refractivity contribution in [3.63, 3.8) is 0 Å². The van der Waals surface area contributed by atoms with E-state index in [1.807, 2.05) is 38.5 Å². The van der Waals surface area contributed by atoms with Gasteiger partial charge in [0.15, 0.2) is 8.32 Å². The van der Waals surface area contributed by atoms with Crippen LogP contribution in [-0.2, 0) is 4.43 Å². The lowest BCUT2D eigenvalue weighted by Gasteiger charge is -2.36. The summed E-state index contributed by atoms with van der Waals surface area (Å²) < 4.78 is 14.4. The van der Waals surface area contributed by atoms with Gasteiger partial charge >= 0.3 is 0 Å². The number of imidazole rings is 1. The molecule has 8 heteroatoms. The standard InChI is InChI=1S/C26H39ClN4O2Si/c1-19(12-14-33-34(7,8)26(2,3)4)25-29-24(22-17-28-23(27)18-31(22)25)20-10-9-11-21(16-20)32-15-13-30(5)6/h9-11,16-19H,12-15H2,1-8H3/t19-/m0/s1. The van der Waals surface area contributed by atoms with Crippen LogP contribution in [0.5, 0.6) is 5.75 Å². The Kier molecular flexibility index (Phi) is 8.45. The number of fused-ring (bicyclic) bond motifs is 1. The molecule has 1 aromatic carbocycles. The molecule has 1 atom stereocenters. The highest BCUT2D eigenvalue weighted by Crippen LogP contribution is 2.37. The number of nitrogens with zero attached hydrogens (tertiary/aromatic N) is 4. The first-order chi connectivity index (χ1) is 15.9. The molecule has 2 aromatic heterocycles. The Labute approximate surface area is 210 Å². The Balaban J connectivity index is 1.86.